The molecule has 6 nitrogen and oxygen atoms in total. The van der Waals surface area contributed by atoms with E-state index in [1.165, 1.54) is 0 Å². The third-order valence-corrected chi connectivity index (χ3v) is 7.57. The second-order valence-electron chi connectivity index (χ2n) is 9.51. The minimum absolute atomic E-state index is 0.102. The van der Waals surface area contributed by atoms with Gasteiger partial charge in [-0.1, -0.05) is 76.6 Å². The number of hydrogen-bond acceptors (Lipinski definition) is 6. The van der Waals surface area contributed by atoms with Crippen LogP contribution in [0.3, 0.4) is 0 Å². The first-order valence-corrected chi connectivity index (χ1v) is 13.8. The van der Waals surface area contributed by atoms with Gasteiger partial charge in [0.25, 0.3) is 0 Å². The molecule has 0 aliphatic rings. The van der Waals surface area contributed by atoms with Crippen molar-refractivity contribution in [3.8, 4) is 17.2 Å². The van der Waals surface area contributed by atoms with Crippen molar-refractivity contribution in [1.82, 2.24) is 4.98 Å². The van der Waals surface area contributed by atoms with Crippen molar-refractivity contribution in [3.63, 3.8) is 0 Å². The molecule has 0 saturated heterocycles. The highest BCUT2D eigenvalue weighted by atomic mass is 79.9. The summed E-state index contributed by atoms with van der Waals surface area (Å²) in [5, 5.41) is 23.6. The third kappa shape index (κ3) is 4.88. The zero-order valence-corrected chi connectivity index (χ0v) is 23.2. The Balaban J connectivity index is 1.17. The average Bonchev–Trinajstić information content (AvgIpc) is 3.43. The average molecular weight is 597 g/mol. The fourth-order valence-corrected chi connectivity index (χ4v) is 5.33. The summed E-state index contributed by atoms with van der Waals surface area (Å²) in [5.41, 5.74) is 4.89. The number of fused-ring (bicyclic) bond motifs is 3. The van der Waals surface area contributed by atoms with E-state index in [1.54, 1.807) is 24.4 Å². The molecule has 0 spiro atoms. The van der Waals surface area contributed by atoms with Gasteiger partial charge in [0.05, 0.1) is 17.1 Å². The molecular weight excluding hydrogens is 576 g/mol. The third-order valence-electron chi connectivity index (χ3n) is 6.87. The zero-order chi connectivity index (χ0) is 27.8. The minimum atomic E-state index is 0.102. The fraction of sp³-hybridized carbons (Fsp3) is 0. The van der Waals surface area contributed by atoms with Crippen LogP contribution in [0, 0.1) is 0 Å². The van der Waals surface area contributed by atoms with Crippen LogP contribution in [0.5, 0.6) is 5.75 Å². The van der Waals surface area contributed by atoms with Crippen LogP contribution in [0.15, 0.2) is 139 Å². The van der Waals surface area contributed by atoms with E-state index in [4.69, 9.17) is 9.40 Å². The highest BCUT2D eigenvalue weighted by Gasteiger charge is 2.13. The number of phenolic OH excluding ortho intramolecular Hbond substituents is 1. The number of phenols is 1. The van der Waals surface area contributed by atoms with Crippen LogP contribution in [0.1, 0.15) is 5.56 Å². The standard InChI is InChI=1S/C34H21BrN4O2/c35-29-12-5-9-26-27(29)10-4-11-28(26)34-37-31-19-23(15-17-33(31)41-34)36-20-22-18-24(14-16-32(22)40)38-39-30-13-3-7-21-6-1-2-8-25(21)30/h1-20,40H. The maximum atomic E-state index is 10.5. The Kier molecular flexibility index (Phi) is 6.34. The lowest BCUT2D eigenvalue weighted by molar-refractivity contribution is 0.474. The molecule has 0 aliphatic carbocycles. The molecule has 6 aromatic carbocycles. The van der Waals surface area contributed by atoms with E-state index in [9.17, 15) is 5.11 Å². The minimum Gasteiger partial charge on any atom is -0.507 e. The Morgan fingerprint density at radius 1 is 0.707 bits per heavy atom. The van der Waals surface area contributed by atoms with Gasteiger partial charge in [0, 0.05) is 27.2 Å². The highest BCUT2D eigenvalue weighted by Crippen LogP contribution is 2.35. The number of aliphatic imine (C=N–C) groups is 1. The van der Waals surface area contributed by atoms with Crippen molar-refractivity contribution in [2.75, 3.05) is 0 Å². The normalized spacial score (nSPS) is 11.9. The maximum Gasteiger partial charge on any atom is 0.227 e. The van der Waals surface area contributed by atoms with Crippen LogP contribution in [-0.4, -0.2) is 16.3 Å². The molecule has 0 aliphatic heterocycles. The van der Waals surface area contributed by atoms with Crippen molar-refractivity contribution in [3.05, 3.63) is 125 Å². The number of halogens is 1. The zero-order valence-electron chi connectivity index (χ0n) is 21.6. The summed E-state index contributed by atoms with van der Waals surface area (Å²) in [6.07, 6.45) is 1.61. The smallest absolute Gasteiger partial charge is 0.227 e. The van der Waals surface area contributed by atoms with Crippen LogP contribution >= 0.6 is 15.9 Å². The lowest BCUT2D eigenvalue weighted by Crippen LogP contribution is -1.82. The molecule has 1 heterocycles. The Morgan fingerprint density at radius 3 is 2.44 bits per heavy atom. The van der Waals surface area contributed by atoms with Crippen LogP contribution < -0.4 is 0 Å². The van der Waals surface area contributed by atoms with Crippen LogP contribution in [0.4, 0.5) is 17.1 Å². The van der Waals surface area contributed by atoms with Gasteiger partial charge >= 0.3 is 0 Å². The van der Waals surface area contributed by atoms with E-state index in [1.807, 2.05) is 84.9 Å². The predicted octanol–water partition coefficient (Wildman–Crippen LogP) is 10.4. The summed E-state index contributed by atoms with van der Waals surface area (Å²) < 4.78 is 7.12. The SMILES string of the molecule is Oc1ccc(N=Nc2cccc3ccccc23)cc1C=Nc1ccc2oc(-c3cccc4c(Br)cccc34)nc2c1. The molecule has 1 N–H and O–H groups in total. The monoisotopic (exact) mass is 596 g/mol. The number of benzene rings is 6. The number of oxazole rings is 1. The molecule has 0 saturated carbocycles. The van der Waals surface area contributed by atoms with E-state index < -0.39 is 0 Å². The molecular formula is C34H21BrN4O2. The Labute approximate surface area is 243 Å². The summed E-state index contributed by atoms with van der Waals surface area (Å²) in [7, 11) is 0. The van der Waals surface area contributed by atoms with Crippen molar-refractivity contribution in [2.24, 2.45) is 15.2 Å². The van der Waals surface area contributed by atoms with Crippen LogP contribution in [0.25, 0.3) is 44.1 Å². The number of nitrogens with zero attached hydrogens (tertiary/aromatic N) is 4. The second-order valence-corrected chi connectivity index (χ2v) is 10.4. The molecule has 0 unspecified atom stereocenters. The van der Waals surface area contributed by atoms with Gasteiger partial charge in [0.1, 0.15) is 11.3 Å². The molecule has 0 bridgehead atoms. The summed E-state index contributed by atoms with van der Waals surface area (Å²) in [5.74, 6) is 0.650. The van der Waals surface area contributed by atoms with Crippen molar-refractivity contribution < 1.29 is 9.52 Å². The summed E-state index contributed by atoms with van der Waals surface area (Å²) in [6, 6.07) is 36.8. The Hall–Kier alpha value is -5.14. The lowest BCUT2D eigenvalue weighted by atomic mass is 10.0. The van der Waals surface area contributed by atoms with Gasteiger partial charge in [-0.15, -0.1) is 5.11 Å². The number of hydrogen-bond donors (Lipinski definition) is 1. The molecule has 196 valence electrons. The van der Waals surface area contributed by atoms with E-state index in [0.717, 1.165) is 37.3 Å². The van der Waals surface area contributed by atoms with E-state index in [0.29, 0.717) is 33.9 Å². The molecule has 0 fully saturated rings. The van der Waals surface area contributed by atoms with Crippen LogP contribution in [0.2, 0.25) is 0 Å². The first-order chi connectivity index (χ1) is 20.1. The van der Waals surface area contributed by atoms with Gasteiger partial charge in [-0.25, -0.2) is 4.98 Å². The molecule has 7 rings (SSSR count). The number of azo groups is 1. The molecule has 7 heteroatoms. The van der Waals surface area contributed by atoms with E-state index in [-0.39, 0.29) is 5.75 Å². The van der Waals surface area contributed by atoms with Gasteiger partial charge in [-0.05, 0) is 70.8 Å². The van der Waals surface area contributed by atoms with Crippen molar-refractivity contribution in [1.29, 1.82) is 0 Å². The summed E-state index contributed by atoms with van der Waals surface area (Å²) >= 11 is 3.63. The number of rotatable bonds is 5. The fourth-order valence-electron chi connectivity index (χ4n) is 4.83. The topological polar surface area (TPSA) is 83.3 Å². The molecule has 1 aromatic heterocycles. The molecule has 7 aromatic rings. The molecule has 0 atom stereocenters. The second kappa shape index (κ2) is 10.4. The van der Waals surface area contributed by atoms with Gasteiger partial charge < -0.3 is 9.52 Å². The van der Waals surface area contributed by atoms with E-state index in [2.05, 4.69) is 43.3 Å². The number of aromatic nitrogens is 1. The van der Waals surface area contributed by atoms with Gasteiger partial charge in [0.2, 0.25) is 5.89 Å². The van der Waals surface area contributed by atoms with Crippen molar-refractivity contribution >= 4 is 71.9 Å². The molecule has 0 amide bonds. The number of aromatic hydroxyl groups is 1. The summed E-state index contributed by atoms with van der Waals surface area (Å²) in [6.45, 7) is 0. The van der Waals surface area contributed by atoms with Gasteiger partial charge in [-0.3, -0.25) is 4.99 Å². The maximum absolute atomic E-state index is 10.5. The largest absolute Gasteiger partial charge is 0.507 e. The van der Waals surface area contributed by atoms with E-state index >= 15 is 0 Å². The Morgan fingerprint density at radius 2 is 1.49 bits per heavy atom. The van der Waals surface area contributed by atoms with Crippen molar-refractivity contribution in [2.45, 2.75) is 0 Å². The quantitative estimate of drug-likeness (QED) is 0.158. The lowest BCUT2D eigenvalue weighted by Gasteiger charge is -2.04. The molecule has 0 radical (unpaired) electrons. The Bertz CT molecular complexity index is 2140. The highest BCUT2D eigenvalue weighted by molar-refractivity contribution is 9.10. The van der Waals surface area contributed by atoms with Crippen LogP contribution in [-0.2, 0) is 0 Å². The van der Waals surface area contributed by atoms with Gasteiger partial charge in [0.15, 0.2) is 5.58 Å². The first kappa shape index (κ1) is 24.9. The van der Waals surface area contributed by atoms with Gasteiger partial charge in [-0.2, -0.15) is 5.11 Å². The predicted molar refractivity (Wildman–Crippen MR) is 168 cm³/mol. The first-order valence-electron chi connectivity index (χ1n) is 13.0. The summed E-state index contributed by atoms with van der Waals surface area (Å²) in [4.78, 5) is 9.34. The molecule has 41 heavy (non-hydrogen) atoms.